The number of nitrogens with zero attached hydrogens (tertiary/aromatic N) is 3. The van der Waals surface area contributed by atoms with Crippen molar-refractivity contribution in [3.63, 3.8) is 0 Å². The van der Waals surface area contributed by atoms with E-state index in [-0.39, 0.29) is 10.6 Å². The Labute approximate surface area is 269 Å². The van der Waals surface area contributed by atoms with Crippen LogP contribution in [-0.4, -0.2) is 32.7 Å². The molecular formula is C35H24F3N3O3S2. The van der Waals surface area contributed by atoms with Crippen molar-refractivity contribution in [1.29, 1.82) is 0 Å². The second-order valence-corrected chi connectivity index (χ2v) is 12.7. The second kappa shape index (κ2) is 11.4. The number of hydrogen-bond donors (Lipinski definition) is 1. The molecule has 4 aromatic heterocycles. The van der Waals surface area contributed by atoms with Crippen LogP contribution in [0.2, 0.25) is 0 Å². The minimum Gasteiger partial charge on any atom is -0.497 e. The summed E-state index contributed by atoms with van der Waals surface area (Å²) in [6, 6.07) is 28.7. The molecule has 11 heteroatoms. The van der Waals surface area contributed by atoms with E-state index in [1.807, 2.05) is 78.9 Å². The van der Waals surface area contributed by atoms with Gasteiger partial charge in [-0.3, -0.25) is 0 Å². The van der Waals surface area contributed by atoms with Gasteiger partial charge in [0.2, 0.25) is 0 Å². The van der Waals surface area contributed by atoms with Crippen molar-refractivity contribution >= 4 is 49.8 Å². The molecule has 0 saturated carbocycles. The smallest absolute Gasteiger partial charge is 0.443 e. The summed E-state index contributed by atoms with van der Waals surface area (Å²) < 4.78 is 48.4. The van der Waals surface area contributed by atoms with Gasteiger partial charge in [-0.05, 0) is 60.0 Å². The monoisotopic (exact) mass is 655 g/mol. The van der Waals surface area contributed by atoms with Crippen LogP contribution < -0.4 is 4.74 Å². The van der Waals surface area contributed by atoms with E-state index in [0.29, 0.717) is 39.7 Å². The SMILES string of the molecule is COc1cccc(Cn2c(-c3ccc4nc(-c5sc(C(F)(F)F)nc5C)ccc4c3)c(-c3ccccc3)c3sc(C(=O)O)cc32)c1. The molecule has 3 aromatic carbocycles. The highest BCUT2D eigenvalue weighted by Crippen LogP contribution is 2.46. The van der Waals surface area contributed by atoms with Crippen LogP contribution in [0.25, 0.3) is 54.1 Å². The Morgan fingerprint density at radius 2 is 1.72 bits per heavy atom. The van der Waals surface area contributed by atoms with Crippen LogP contribution in [-0.2, 0) is 12.7 Å². The van der Waals surface area contributed by atoms with Gasteiger partial charge in [0.1, 0.15) is 10.6 Å². The van der Waals surface area contributed by atoms with Crippen LogP contribution in [0.4, 0.5) is 13.2 Å². The Kier molecular flexibility index (Phi) is 7.37. The number of carboxylic acid groups (broad SMARTS) is 1. The number of carboxylic acids is 1. The third kappa shape index (κ3) is 5.31. The number of rotatable bonds is 7. The van der Waals surface area contributed by atoms with Crippen molar-refractivity contribution < 1.29 is 27.8 Å². The molecule has 0 saturated heterocycles. The van der Waals surface area contributed by atoms with E-state index < -0.39 is 17.2 Å². The summed E-state index contributed by atoms with van der Waals surface area (Å²) in [5.74, 6) is -0.269. The second-order valence-electron chi connectivity index (χ2n) is 10.7. The average Bonchev–Trinajstić information content (AvgIpc) is 3.74. The number of methoxy groups -OCH3 is 1. The fourth-order valence-corrected chi connectivity index (χ4v) is 7.65. The van der Waals surface area contributed by atoms with Gasteiger partial charge in [-0.1, -0.05) is 54.6 Å². The number of carbonyl (C=O) groups is 1. The Morgan fingerprint density at radius 1 is 0.913 bits per heavy atom. The quantitative estimate of drug-likeness (QED) is 0.185. The molecule has 0 atom stereocenters. The van der Waals surface area contributed by atoms with E-state index in [9.17, 15) is 23.1 Å². The average molecular weight is 656 g/mol. The number of hydrogen-bond acceptors (Lipinski definition) is 6. The molecule has 0 amide bonds. The van der Waals surface area contributed by atoms with Crippen LogP contribution >= 0.6 is 22.7 Å². The van der Waals surface area contributed by atoms with Crippen molar-refractivity contribution in [3.8, 4) is 38.7 Å². The van der Waals surface area contributed by atoms with Gasteiger partial charge < -0.3 is 14.4 Å². The minimum absolute atomic E-state index is 0.246. The number of pyridine rings is 1. The number of aromatic carboxylic acids is 1. The molecule has 0 aliphatic carbocycles. The van der Waals surface area contributed by atoms with Gasteiger partial charge in [0.05, 0.1) is 44.8 Å². The van der Waals surface area contributed by atoms with Crippen LogP contribution in [0.15, 0.2) is 91.0 Å². The molecule has 7 aromatic rings. The molecule has 6 nitrogen and oxygen atoms in total. The van der Waals surface area contributed by atoms with Gasteiger partial charge >= 0.3 is 12.1 Å². The predicted molar refractivity (Wildman–Crippen MR) is 176 cm³/mol. The molecule has 0 unspecified atom stereocenters. The van der Waals surface area contributed by atoms with E-state index in [0.717, 1.165) is 43.6 Å². The van der Waals surface area contributed by atoms with E-state index >= 15 is 0 Å². The molecule has 0 aliphatic heterocycles. The summed E-state index contributed by atoms with van der Waals surface area (Å²) in [5, 5.41) is 9.81. The van der Waals surface area contributed by atoms with E-state index in [2.05, 4.69) is 9.55 Å². The summed E-state index contributed by atoms with van der Waals surface area (Å²) in [5.41, 5.74) is 6.77. The first-order valence-corrected chi connectivity index (χ1v) is 15.8. The first-order chi connectivity index (χ1) is 22.1. The fraction of sp³-hybridized carbons (Fsp3) is 0.114. The molecule has 46 heavy (non-hydrogen) atoms. The number of benzene rings is 3. The van der Waals surface area contributed by atoms with Gasteiger partial charge in [-0.15, -0.1) is 22.7 Å². The maximum atomic E-state index is 13.3. The van der Waals surface area contributed by atoms with E-state index in [4.69, 9.17) is 9.72 Å². The number of thiazole rings is 1. The van der Waals surface area contributed by atoms with Crippen molar-refractivity contribution in [3.05, 3.63) is 112 Å². The highest BCUT2D eigenvalue weighted by molar-refractivity contribution is 7.21. The number of halogens is 3. The third-order valence-corrected chi connectivity index (χ3v) is 10.1. The Hall–Kier alpha value is -5.00. The van der Waals surface area contributed by atoms with Crippen molar-refractivity contribution in [2.45, 2.75) is 19.6 Å². The lowest BCUT2D eigenvalue weighted by atomic mass is 9.99. The standard InChI is InChI=1S/C35H24F3N3O3S2/c1-19-31(46-34(39-19)35(36,37)38)26-14-11-22-16-23(12-13-25(22)40-26)30-29(21-8-4-3-5-9-21)32-27(17-28(45-32)33(42)43)41(30)18-20-7-6-10-24(15-20)44-2/h3-17H,18H2,1-2H3,(H,42,43). The van der Waals surface area contributed by atoms with E-state index in [1.54, 1.807) is 26.2 Å². The van der Waals surface area contributed by atoms with Crippen LogP contribution in [0.5, 0.6) is 5.75 Å². The molecular weight excluding hydrogens is 632 g/mol. The van der Waals surface area contributed by atoms with E-state index in [1.165, 1.54) is 11.3 Å². The Morgan fingerprint density at radius 3 is 2.43 bits per heavy atom. The zero-order valence-electron chi connectivity index (χ0n) is 24.4. The molecule has 4 heterocycles. The number of thiophene rings is 1. The number of aromatic nitrogens is 3. The summed E-state index contributed by atoms with van der Waals surface area (Å²) in [4.78, 5) is 21.2. The van der Waals surface area contributed by atoms with Gasteiger partial charge in [0, 0.05) is 17.5 Å². The summed E-state index contributed by atoms with van der Waals surface area (Å²) in [6.07, 6.45) is -4.52. The molecule has 230 valence electrons. The highest BCUT2D eigenvalue weighted by Gasteiger charge is 2.36. The number of fused-ring (bicyclic) bond motifs is 2. The third-order valence-electron chi connectivity index (χ3n) is 7.72. The Balaban J connectivity index is 1.43. The summed E-state index contributed by atoms with van der Waals surface area (Å²) in [6.45, 7) is 2.01. The lowest BCUT2D eigenvalue weighted by molar-refractivity contribution is -0.137. The summed E-state index contributed by atoms with van der Waals surface area (Å²) in [7, 11) is 1.62. The lowest BCUT2D eigenvalue weighted by Gasteiger charge is -2.15. The zero-order valence-corrected chi connectivity index (χ0v) is 26.1. The largest absolute Gasteiger partial charge is 0.497 e. The van der Waals surface area contributed by atoms with Crippen molar-refractivity contribution in [2.24, 2.45) is 0 Å². The van der Waals surface area contributed by atoms with Gasteiger partial charge in [0.15, 0.2) is 5.01 Å². The van der Waals surface area contributed by atoms with Crippen molar-refractivity contribution in [1.82, 2.24) is 14.5 Å². The van der Waals surface area contributed by atoms with Gasteiger partial charge in [-0.25, -0.2) is 14.8 Å². The maximum Gasteiger partial charge on any atom is 0.443 e. The zero-order chi connectivity index (χ0) is 32.2. The molecule has 0 radical (unpaired) electrons. The first kappa shape index (κ1) is 29.7. The molecule has 0 spiro atoms. The topological polar surface area (TPSA) is 77.2 Å². The maximum absolute atomic E-state index is 13.3. The molecule has 7 rings (SSSR count). The predicted octanol–water partition coefficient (Wildman–Crippen LogP) is 9.79. The molecule has 0 aliphatic rings. The van der Waals surface area contributed by atoms with Crippen LogP contribution in [0.3, 0.4) is 0 Å². The number of ether oxygens (including phenoxy) is 1. The Bertz CT molecular complexity index is 2270. The first-order valence-electron chi connectivity index (χ1n) is 14.1. The van der Waals surface area contributed by atoms with Gasteiger partial charge in [-0.2, -0.15) is 13.2 Å². The highest BCUT2D eigenvalue weighted by atomic mass is 32.1. The molecule has 1 N–H and O–H groups in total. The number of alkyl halides is 3. The molecule has 0 bridgehead atoms. The minimum atomic E-state index is -4.52. The normalized spacial score (nSPS) is 11.8. The fourth-order valence-electron chi connectivity index (χ4n) is 5.67. The lowest BCUT2D eigenvalue weighted by Crippen LogP contribution is -2.03. The molecule has 0 fully saturated rings. The van der Waals surface area contributed by atoms with Crippen molar-refractivity contribution in [2.75, 3.05) is 7.11 Å². The number of aryl methyl sites for hydroxylation is 1. The van der Waals surface area contributed by atoms with Crippen LogP contribution in [0, 0.1) is 6.92 Å². The van der Waals surface area contributed by atoms with Crippen LogP contribution in [0.1, 0.15) is 25.9 Å². The summed E-state index contributed by atoms with van der Waals surface area (Å²) >= 11 is 1.83. The van der Waals surface area contributed by atoms with Gasteiger partial charge in [0.25, 0.3) is 0 Å².